The predicted octanol–water partition coefficient (Wildman–Crippen LogP) is 2.80. The third-order valence-electron chi connectivity index (χ3n) is 3.22. The molecule has 0 spiro atoms. The van der Waals surface area contributed by atoms with Gasteiger partial charge >= 0.3 is 0 Å². The summed E-state index contributed by atoms with van der Waals surface area (Å²) in [5, 5.41) is 11.3. The van der Waals surface area contributed by atoms with Crippen LogP contribution >= 0.6 is 22.9 Å². The van der Waals surface area contributed by atoms with Crippen molar-refractivity contribution in [3.63, 3.8) is 0 Å². The molecule has 8 heteroatoms. The van der Waals surface area contributed by atoms with Crippen molar-refractivity contribution in [2.24, 2.45) is 5.92 Å². The molecule has 2 aromatic rings. The first-order valence-electron chi connectivity index (χ1n) is 6.00. The molecule has 1 aliphatic heterocycles. The molecular weight excluding hydrogens is 302 g/mol. The summed E-state index contributed by atoms with van der Waals surface area (Å²) in [6.45, 7) is 0.560. The van der Waals surface area contributed by atoms with Crippen LogP contribution in [-0.2, 0) is 4.79 Å². The maximum absolute atomic E-state index is 11.9. The van der Waals surface area contributed by atoms with E-state index < -0.39 is 4.92 Å². The first-order chi connectivity index (χ1) is 9.58. The van der Waals surface area contributed by atoms with Crippen molar-refractivity contribution >= 4 is 49.9 Å². The van der Waals surface area contributed by atoms with Crippen molar-refractivity contribution in [3.05, 3.63) is 28.3 Å². The monoisotopic (exact) mass is 311 g/mol. The van der Waals surface area contributed by atoms with E-state index in [4.69, 9.17) is 11.6 Å². The average Bonchev–Trinajstić information content (AvgIpc) is 3.00. The number of anilines is 1. The number of nitro groups is 1. The van der Waals surface area contributed by atoms with Gasteiger partial charge in [-0.05, 0) is 12.0 Å². The number of thiazole rings is 1. The normalized spacial score (nSPS) is 18.9. The number of non-ortho nitro benzene ring substituents is 1. The number of hydrogen-bond acceptors (Lipinski definition) is 5. The van der Waals surface area contributed by atoms with Gasteiger partial charge in [0.25, 0.3) is 5.69 Å². The van der Waals surface area contributed by atoms with E-state index in [0.717, 1.165) is 4.70 Å². The molecule has 1 saturated heterocycles. The van der Waals surface area contributed by atoms with Crippen LogP contribution in [0.1, 0.15) is 6.42 Å². The number of benzene rings is 1. The minimum Gasteiger partial charge on any atom is -0.288 e. The zero-order valence-corrected chi connectivity index (χ0v) is 11.9. The number of aromatic nitrogens is 1. The number of halogens is 1. The van der Waals surface area contributed by atoms with E-state index in [1.807, 2.05) is 0 Å². The Morgan fingerprint density at radius 3 is 3.00 bits per heavy atom. The topological polar surface area (TPSA) is 76.3 Å². The molecule has 6 nitrogen and oxygen atoms in total. The Balaban J connectivity index is 1.97. The smallest absolute Gasteiger partial charge is 0.271 e. The minimum absolute atomic E-state index is 0.000679. The second-order valence-electron chi connectivity index (χ2n) is 4.63. The lowest BCUT2D eigenvalue weighted by molar-refractivity contribution is -0.384. The maximum Gasteiger partial charge on any atom is 0.271 e. The summed E-state index contributed by atoms with van der Waals surface area (Å²) in [4.78, 5) is 28.2. The van der Waals surface area contributed by atoms with Crippen LogP contribution in [-0.4, -0.2) is 28.2 Å². The largest absolute Gasteiger partial charge is 0.288 e. The number of fused-ring (bicyclic) bond motifs is 1. The van der Waals surface area contributed by atoms with Crippen molar-refractivity contribution < 1.29 is 9.72 Å². The van der Waals surface area contributed by atoms with Crippen LogP contribution in [0.3, 0.4) is 0 Å². The van der Waals surface area contributed by atoms with Crippen LogP contribution in [0.25, 0.3) is 10.2 Å². The van der Waals surface area contributed by atoms with Crippen LogP contribution in [0.4, 0.5) is 10.8 Å². The maximum atomic E-state index is 11.9. The highest BCUT2D eigenvalue weighted by molar-refractivity contribution is 7.22. The van der Waals surface area contributed by atoms with Gasteiger partial charge < -0.3 is 0 Å². The third-order valence-corrected chi connectivity index (χ3v) is 4.72. The Morgan fingerprint density at radius 1 is 1.55 bits per heavy atom. The Hall–Kier alpha value is -1.73. The van der Waals surface area contributed by atoms with E-state index in [1.165, 1.54) is 23.5 Å². The molecule has 0 saturated carbocycles. The summed E-state index contributed by atoms with van der Waals surface area (Å²) in [6.07, 6.45) is 0.430. The number of alkyl halides is 1. The van der Waals surface area contributed by atoms with Crippen molar-refractivity contribution in [1.82, 2.24) is 4.98 Å². The van der Waals surface area contributed by atoms with Gasteiger partial charge in [-0.15, -0.1) is 11.6 Å². The molecule has 0 N–H and O–H groups in total. The Kier molecular flexibility index (Phi) is 3.31. The molecule has 0 bridgehead atoms. The molecule has 1 aliphatic rings. The van der Waals surface area contributed by atoms with Crippen LogP contribution in [0.5, 0.6) is 0 Å². The fourth-order valence-electron chi connectivity index (χ4n) is 2.20. The first-order valence-corrected chi connectivity index (χ1v) is 7.35. The molecule has 104 valence electrons. The van der Waals surface area contributed by atoms with Crippen molar-refractivity contribution in [3.8, 4) is 0 Å². The van der Waals surface area contributed by atoms with E-state index in [1.54, 1.807) is 11.0 Å². The summed E-state index contributed by atoms with van der Waals surface area (Å²) in [7, 11) is 0. The molecule has 1 amide bonds. The van der Waals surface area contributed by atoms with Crippen molar-refractivity contribution in [2.45, 2.75) is 6.42 Å². The zero-order chi connectivity index (χ0) is 14.3. The number of rotatable bonds is 3. The second-order valence-corrected chi connectivity index (χ2v) is 5.95. The van der Waals surface area contributed by atoms with Gasteiger partial charge in [0, 0.05) is 31.0 Å². The van der Waals surface area contributed by atoms with E-state index in [2.05, 4.69) is 4.98 Å². The van der Waals surface area contributed by atoms with Gasteiger partial charge in [-0.2, -0.15) is 0 Å². The summed E-state index contributed by atoms with van der Waals surface area (Å²) in [5.41, 5.74) is 0.544. The Labute approximate surface area is 123 Å². The zero-order valence-electron chi connectivity index (χ0n) is 10.3. The summed E-state index contributed by atoms with van der Waals surface area (Å²) in [5.74, 6) is 0.591. The van der Waals surface area contributed by atoms with Gasteiger partial charge in [0.2, 0.25) is 5.91 Å². The lowest BCUT2D eigenvalue weighted by Gasteiger charge is -2.11. The third kappa shape index (κ3) is 2.23. The van der Waals surface area contributed by atoms with Gasteiger partial charge in [0.05, 0.1) is 15.1 Å². The van der Waals surface area contributed by atoms with Crippen molar-refractivity contribution in [1.29, 1.82) is 0 Å². The van der Waals surface area contributed by atoms with Gasteiger partial charge in [-0.1, -0.05) is 11.3 Å². The molecule has 0 radical (unpaired) electrons. The van der Waals surface area contributed by atoms with Gasteiger partial charge in [0.15, 0.2) is 5.13 Å². The number of amides is 1. The Morgan fingerprint density at radius 2 is 2.35 bits per heavy atom. The molecule has 1 unspecified atom stereocenters. The molecule has 1 atom stereocenters. The highest BCUT2D eigenvalue weighted by atomic mass is 35.5. The molecular formula is C12H10ClN3O3S. The fourth-order valence-corrected chi connectivity index (χ4v) is 3.38. The van der Waals surface area contributed by atoms with E-state index in [9.17, 15) is 14.9 Å². The van der Waals surface area contributed by atoms with Crippen LogP contribution in [0, 0.1) is 16.0 Å². The quantitative estimate of drug-likeness (QED) is 0.496. The molecule has 1 fully saturated rings. The minimum atomic E-state index is -0.455. The van der Waals surface area contributed by atoms with E-state index in [0.29, 0.717) is 29.5 Å². The first kappa shape index (κ1) is 13.3. The molecule has 2 heterocycles. The number of hydrogen-bond donors (Lipinski definition) is 0. The fraction of sp³-hybridized carbons (Fsp3) is 0.333. The number of nitrogens with zero attached hydrogens (tertiary/aromatic N) is 3. The SMILES string of the molecule is O=C1CC(CCl)CN1c1nc2cc([N+](=O)[O-])ccc2s1. The van der Waals surface area contributed by atoms with Gasteiger partial charge in [0.1, 0.15) is 0 Å². The highest BCUT2D eigenvalue weighted by Crippen LogP contribution is 2.34. The van der Waals surface area contributed by atoms with Gasteiger partial charge in [-0.3, -0.25) is 19.8 Å². The van der Waals surface area contributed by atoms with Gasteiger partial charge in [-0.25, -0.2) is 4.98 Å². The average molecular weight is 312 g/mol. The predicted molar refractivity (Wildman–Crippen MR) is 77.5 cm³/mol. The van der Waals surface area contributed by atoms with Crippen molar-refractivity contribution in [2.75, 3.05) is 17.3 Å². The standard InChI is InChI=1S/C12H10ClN3O3S/c13-5-7-3-11(17)15(6-7)12-14-9-4-8(16(18)19)1-2-10(9)20-12/h1-2,4,7H,3,5-6H2. The van der Waals surface area contributed by atoms with E-state index >= 15 is 0 Å². The van der Waals surface area contributed by atoms with Crippen LogP contribution in [0.2, 0.25) is 0 Å². The lowest BCUT2D eigenvalue weighted by atomic mass is 10.2. The molecule has 0 aliphatic carbocycles. The lowest BCUT2D eigenvalue weighted by Crippen LogP contribution is -2.24. The summed E-state index contributed by atoms with van der Waals surface area (Å²) >= 11 is 7.15. The van der Waals surface area contributed by atoms with Crippen LogP contribution in [0.15, 0.2) is 18.2 Å². The number of carbonyl (C=O) groups excluding carboxylic acids is 1. The molecule has 3 rings (SSSR count). The molecule has 20 heavy (non-hydrogen) atoms. The summed E-state index contributed by atoms with van der Waals surface area (Å²) < 4.78 is 0.827. The van der Waals surface area contributed by atoms with Crippen LogP contribution < -0.4 is 4.90 Å². The second kappa shape index (κ2) is 4.99. The summed E-state index contributed by atoms with van der Waals surface area (Å²) in [6, 6.07) is 4.53. The highest BCUT2D eigenvalue weighted by Gasteiger charge is 2.31. The molecule has 1 aromatic carbocycles. The number of nitro benzene ring substituents is 1. The molecule has 1 aromatic heterocycles. The number of carbonyl (C=O) groups is 1. The van der Waals surface area contributed by atoms with E-state index in [-0.39, 0.29) is 17.5 Å². The Bertz CT molecular complexity index is 702.